The molecule has 0 unspecified atom stereocenters. The van der Waals surface area contributed by atoms with Gasteiger partial charge in [0, 0.05) is 17.6 Å². The monoisotopic (exact) mass is 241 g/mol. The highest BCUT2D eigenvalue weighted by Crippen LogP contribution is 2.23. The number of nitrogens with one attached hydrogen (secondary N) is 1. The largest absolute Gasteiger partial charge is 0.380 e. The Morgan fingerprint density at radius 1 is 1.17 bits per heavy atom. The summed E-state index contributed by atoms with van der Waals surface area (Å²) >= 11 is 0. The van der Waals surface area contributed by atoms with E-state index < -0.39 is 0 Å². The number of para-hydroxylation sites is 1. The van der Waals surface area contributed by atoms with Gasteiger partial charge in [-0.15, -0.1) is 0 Å². The molecule has 0 aliphatic carbocycles. The summed E-state index contributed by atoms with van der Waals surface area (Å²) in [6, 6.07) is 11.0. The van der Waals surface area contributed by atoms with Crippen LogP contribution in [0.15, 0.2) is 36.5 Å². The SMILES string of the molecule is CN1CCC(Nc2cccc3cccnc23)CC1. The predicted molar refractivity (Wildman–Crippen MR) is 75.9 cm³/mol. The number of anilines is 1. The van der Waals surface area contributed by atoms with E-state index in [9.17, 15) is 0 Å². The quantitative estimate of drug-likeness (QED) is 0.876. The minimum Gasteiger partial charge on any atom is -0.380 e. The number of hydrogen-bond donors (Lipinski definition) is 1. The Morgan fingerprint density at radius 2 is 1.94 bits per heavy atom. The van der Waals surface area contributed by atoms with Crippen LogP contribution in [-0.2, 0) is 0 Å². The molecular formula is C15H19N3. The van der Waals surface area contributed by atoms with Crippen molar-refractivity contribution in [1.82, 2.24) is 9.88 Å². The van der Waals surface area contributed by atoms with Crippen molar-refractivity contribution in [1.29, 1.82) is 0 Å². The number of aromatic nitrogens is 1. The van der Waals surface area contributed by atoms with Gasteiger partial charge < -0.3 is 10.2 Å². The molecule has 1 aliphatic rings. The molecule has 18 heavy (non-hydrogen) atoms. The summed E-state index contributed by atoms with van der Waals surface area (Å²) in [6.45, 7) is 2.35. The summed E-state index contributed by atoms with van der Waals surface area (Å²) in [5.41, 5.74) is 2.25. The zero-order valence-corrected chi connectivity index (χ0v) is 10.8. The fourth-order valence-electron chi connectivity index (χ4n) is 2.59. The van der Waals surface area contributed by atoms with E-state index >= 15 is 0 Å². The third-order valence-corrected chi connectivity index (χ3v) is 3.71. The zero-order chi connectivity index (χ0) is 12.4. The topological polar surface area (TPSA) is 28.2 Å². The van der Waals surface area contributed by atoms with Gasteiger partial charge in [-0.1, -0.05) is 18.2 Å². The average Bonchev–Trinajstić information content (AvgIpc) is 2.42. The number of piperidine rings is 1. The van der Waals surface area contributed by atoms with Crippen LogP contribution in [-0.4, -0.2) is 36.1 Å². The number of nitrogens with zero attached hydrogens (tertiary/aromatic N) is 2. The predicted octanol–water partition coefficient (Wildman–Crippen LogP) is 2.74. The van der Waals surface area contributed by atoms with Crippen LogP contribution < -0.4 is 5.32 Å². The Hall–Kier alpha value is -1.61. The first-order valence-electron chi connectivity index (χ1n) is 6.62. The maximum Gasteiger partial charge on any atom is 0.0933 e. The fraction of sp³-hybridized carbons (Fsp3) is 0.400. The second-order valence-electron chi connectivity index (χ2n) is 5.10. The number of rotatable bonds is 2. The minimum atomic E-state index is 0.578. The van der Waals surface area contributed by atoms with E-state index in [0.717, 1.165) is 5.52 Å². The van der Waals surface area contributed by atoms with Gasteiger partial charge in [-0.25, -0.2) is 0 Å². The van der Waals surface area contributed by atoms with Gasteiger partial charge in [0.25, 0.3) is 0 Å². The van der Waals surface area contributed by atoms with Crippen molar-refractivity contribution >= 4 is 16.6 Å². The van der Waals surface area contributed by atoms with Crippen LogP contribution in [0.1, 0.15) is 12.8 Å². The number of fused-ring (bicyclic) bond motifs is 1. The molecule has 0 bridgehead atoms. The van der Waals surface area contributed by atoms with Gasteiger partial charge in [-0.05, 0) is 45.1 Å². The summed E-state index contributed by atoms with van der Waals surface area (Å²) in [6.07, 6.45) is 4.28. The highest BCUT2D eigenvalue weighted by Gasteiger charge is 2.16. The van der Waals surface area contributed by atoms with Crippen molar-refractivity contribution in [3.05, 3.63) is 36.5 Å². The molecular weight excluding hydrogens is 222 g/mol. The van der Waals surface area contributed by atoms with Crippen LogP contribution >= 0.6 is 0 Å². The maximum absolute atomic E-state index is 4.49. The molecule has 0 saturated carbocycles. The van der Waals surface area contributed by atoms with E-state index in [2.05, 4.69) is 46.5 Å². The van der Waals surface area contributed by atoms with Crippen molar-refractivity contribution in [3.63, 3.8) is 0 Å². The molecule has 1 N–H and O–H groups in total. The van der Waals surface area contributed by atoms with Gasteiger partial charge in [0.05, 0.1) is 11.2 Å². The van der Waals surface area contributed by atoms with Crippen LogP contribution in [0.3, 0.4) is 0 Å². The highest BCUT2D eigenvalue weighted by atomic mass is 15.1. The highest BCUT2D eigenvalue weighted by molar-refractivity contribution is 5.90. The molecule has 2 heterocycles. The van der Waals surface area contributed by atoms with E-state index in [4.69, 9.17) is 0 Å². The second kappa shape index (κ2) is 4.94. The molecule has 1 saturated heterocycles. The van der Waals surface area contributed by atoms with E-state index in [1.165, 1.54) is 37.0 Å². The van der Waals surface area contributed by atoms with Gasteiger partial charge in [-0.2, -0.15) is 0 Å². The Morgan fingerprint density at radius 3 is 2.78 bits per heavy atom. The first kappa shape index (κ1) is 11.5. The van der Waals surface area contributed by atoms with Gasteiger partial charge in [0.2, 0.25) is 0 Å². The van der Waals surface area contributed by atoms with Crippen molar-refractivity contribution in [2.75, 3.05) is 25.5 Å². The lowest BCUT2D eigenvalue weighted by atomic mass is 10.0. The third-order valence-electron chi connectivity index (χ3n) is 3.71. The molecule has 1 aliphatic heterocycles. The first-order valence-corrected chi connectivity index (χ1v) is 6.62. The number of benzene rings is 1. The van der Waals surface area contributed by atoms with Crippen molar-refractivity contribution < 1.29 is 0 Å². The summed E-state index contributed by atoms with van der Waals surface area (Å²) in [7, 11) is 2.19. The van der Waals surface area contributed by atoms with Crippen LogP contribution in [0.4, 0.5) is 5.69 Å². The Kier molecular flexibility index (Phi) is 3.15. The van der Waals surface area contributed by atoms with Gasteiger partial charge in [0.15, 0.2) is 0 Å². The van der Waals surface area contributed by atoms with Crippen molar-refractivity contribution in [2.24, 2.45) is 0 Å². The van der Waals surface area contributed by atoms with Gasteiger partial charge in [-0.3, -0.25) is 4.98 Å². The standard InChI is InChI=1S/C15H19N3/c1-18-10-7-13(8-11-18)17-14-6-2-4-12-5-3-9-16-15(12)14/h2-6,9,13,17H,7-8,10-11H2,1H3. The van der Waals surface area contributed by atoms with Crippen LogP contribution in [0.25, 0.3) is 10.9 Å². The Bertz CT molecular complexity index is 525. The zero-order valence-electron chi connectivity index (χ0n) is 10.8. The van der Waals surface area contributed by atoms with Crippen molar-refractivity contribution in [2.45, 2.75) is 18.9 Å². The Labute approximate surface area is 108 Å². The van der Waals surface area contributed by atoms with Crippen LogP contribution in [0.5, 0.6) is 0 Å². The molecule has 3 nitrogen and oxygen atoms in total. The lowest BCUT2D eigenvalue weighted by Gasteiger charge is -2.30. The van der Waals surface area contributed by atoms with Crippen molar-refractivity contribution in [3.8, 4) is 0 Å². The minimum absolute atomic E-state index is 0.578. The van der Waals surface area contributed by atoms with E-state index in [-0.39, 0.29) is 0 Å². The summed E-state index contributed by atoms with van der Waals surface area (Å²) < 4.78 is 0. The third kappa shape index (κ3) is 2.31. The van der Waals surface area contributed by atoms with Gasteiger partial charge >= 0.3 is 0 Å². The maximum atomic E-state index is 4.49. The first-order chi connectivity index (χ1) is 8.83. The van der Waals surface area contributed by atoms with E-state index in [1.54, 1.807) is 0 Å². The molecule has 94 valence electrons. The normalized spacial score (nSPS) is 18.1. The van der Waals surface area contributed by atoms with Crippen LogP contribution in [0, 0.1) is 0 Å². The summed E-state index contributed by atoms with van der Waals surface area (Å²) in [5.74, 6) is 0. The fourth-order valence-corrected chi connectivity index (χ4v) is 2.59. The molecule has 0 atom stereocenters. The molecule has 0 radical (unpaired) electrons. The molecule has 1 fully saturated rings. The number of likely N-dealkylation sites (tertiary alicyclic amines) is 1. The Balaban J connectivity index is 1.82. The molecule has 1 aromatic heterocycles. The summed E-state index contributed by atoms with van der Waals surface area (Å²) in [5, 5.41) is 4.86. The molecule has 0 amide bonds. The number of pyridine rings is 1. The van der Waals surface area contributed by atoms with E-state index in [0.29, 0.717) is 6.04 Å². The summed E-state index contributed by atoms with van der Waals surface area (Å²) in [4.78, 5) is 6.88. The van der Waals surface area contributed by atoms with E-state index in [1.807, 2.05) is 12.3 Å². The molecule has 1 aromatic carbocycles. The molecule has 3 heteroatoms. The smallest absolute Gasteiger partial charge is 0.0933 e. The lowest BCUT2D eigenvalue weighted by Crippen LogP contribution is -2.36. The second-order valence-corrected chi connectivity index (χ2v) is 5.10. The number of hydrogen-bond acceptors (Lipinski definition) is 3. The van der Waals surface area contributed by atoms with Crippen LogP contribution in [0.2, 0.25) is 0 Å². The molecule has 0 spiro atoms. The lowest BCUT2D eigenvalue weighted by molar-refractivity contribution is 0.264. The molecule has 3 rings (SSSR count). The van der Waals surface area contributed by atoms with Gasteiger partial charge in [0.1, 0.15) is 0 Å². The molecule has 2 aromatic rings. The average molecular weight is 241 g/mol.